The van der Waals surface area contributed by atoms with Crippen LogP contribution in [0.2, 0.25) is 0 Å². The Bertz CT molecular complexity index is 2510. The lowest BCUT2D eigenvalue weighted by molar-refractivity contribution is -0.138. The monoisotopic (exact) mass is 979 g/mol. The molecule has 2 aliphatic rings. The summed E-state index contributed by atoms with van der Waals surface area (Å²) in [6.07, 6.45) is 6.69. The largest absolute Gasteiger partial charge is 0.370 e. The van der Waals surface area contributed by atoms with Crippen molar-refractivity contribution >= 4 is 64.1 Å². The maximum absolute atomic E-state index is 14.7. The molecule has 0 unspecified atom stereocenters. The molecule has 2 fully saturated rings. The molecular weight excluding hydrogens is 913 g/mol. The Morgan fingerprint density at radius 2 is 1.42 bits per heavy atom. The normalized spacial score (nSPS) is 23.6. The van der Waals surface area contributed by atoms with E-state index in [-0.39, 0.29) is 69.5 Å². The molecule has 0 saturated carbocycles. The quantitative estimate of drug-likeness (QED) is 0.0493. The summed E-state index contributed by atoms with van der Waals surface area (Å²) >= 11 is 0. The molecular formula is C49H66N14O8. The molecule has 2 aliphatic heterocycles. The van der Waals surface area contributed by atoms with Crippen molar-refractivity contribution in [2.24, 2.45) is 16.5 Å². The number of rotatable bonds is 12. The number of hydrogen-bond donors (Lipinski definition) is 11. The maximum Gasteiger partial charge on any atom is 0.245 e. The molecule has 380 valence electrons. The van der Waals surface area contributed by atoms with E-state index in [2.05, 4.69) is 57.2 Å². The van der Waals surface area contributed by atoms with Gasteiger partial charge in [0, 0.05) is 80.9 Å². The van der Waals surface area contributed by atoms with Crippen molar-refractivity contribution in [1.29, 1.82) is 0 Å². The number of H-pyrrole nitrogens is 2. The highest BCUT2D eigenvalue weighted by Crippen LogP contribution is 2.22. The van der Waals surface area contributed by atoms with E-state index in [4.69, 9.17) is 11.5 Å². The van der Waals surface area contributed by atoms with Crippen molar-refractivity contribution in [3.63, 3.8) is 0 Å². The fourth-order valence-electron chi connectivity index (χ4n) is 8.88. The fraction of sp³-hybridized carbons (Fsp3) is 0.469. The Kier molecular flexibility index (Phi) is 19.0. The van der Waals surface area contributed by atoms with E-state index in [9.17, 15) is 38.4 Å². The third kappa shape index (κ3) is 15.6. The SMILES string of the molecule is CC(=O)N[C@H]1CC(=O)NCCCC[C@@H](C(=O)N2CCC[C@H]2C)NC(=O)[C@H](Cc2c[nH]c3ccccc23)NC(=O)[C@H](CCCN=C(N)N)NC(=O)[C@@H](Cc2ccccc2)NC(=O)[C@H](Cc2cnc[nH]2)NC1=O. The Morgan fingerprint density at radius 3 is 2.11 bits per heavy atom. The second-order valence-electron chi connectivity index (χ2n) is 18.1. The summed E-state index contributed by atoms with van der Waals surface area (Å²) in [4.78, 5) is 128. The first-order chi connectivity index (χ1) is 34.1. The second kappa shape index (κ2) is 25.7. The molecule has 22 nitrogen and oxygen atoms in total. The number of hydrogen-bond acceptors (Lipinski definition) is 10. The molecule has 0 bridgehead atoms. The molecule has 0 spiro atoms. The predicted molar refractivity (Wildman–Crippen MR) is 263 cm³/mol. The zero-order valence-electron chi connectivity index (χ0n) is 40.1. The first-order valence-electron chi connectivity index (χ1n) is 24.1. The summed E-state index contributed by atoms with van der Waals surface area (Å²) < 4.78 is 0. The minimum atomic E-state index is -1.40. The molecule has 71 heavy (non-hydrogen) atoms. The van der Waals surface area contributed by atoms with E-state index in [0.717, 1.165) is 23.7 Å². The van der Waals surface area contributed by atoms with E-state index >= 15 is 0 Å². The number of fused-ring (bicyclic) bond motifs is 1. The van der Waals surface area contributed by atoms with Crippen molar-refractivity contribution in [2.75, 3.05) is 19.6 Å². The Morgan fingerprint density at radius 1 is 0.761 bits per heavy atom. The Balaban J connectivity index is 1.38. The number of guanidine groups is 1. The van der Waals surface area contributed by atoms with Gasteiger partial charge in [-0.25, -0.2) is 4.98 Å². The zero-order chi connectivity index (χ0) is 50.9. The van der Waals surface area contributed by atoms with Crippen LogP contribution in [0.15, 0.2) is 78.3 Å². The minimum Gasteiger partial charge on any atom is -0.370 e. The Hall–Kier alpha value is -7.78. The molecule has 0 aliphatic carbocycles. The van der Waals surface area contributed by atoms with Crippen LogP contribution in [0.25, 0.3) is 10.9 Å². The molecule has 22 heteroatoms. The summed E-state index contributed by atoms with van der Waals surface area (Å²) in [7, 11) is 0. The number of likely N-dealkylation sites (tertiary alicyclic amines) is 1. The standard InChI is InChI=1S/C49H66N14O8/c1-29-12-11-21-63(29)48(71)37-17-8-9-19-53-42(65)25-41(57-30(2)64)47(70)62-40(24-33-27-52-28-56-33)46(69)60-38(22-31-13-4-3-5-14-31)44(67)58-36(18-10-20-54-49(50)51)43(66)61-39(45(68)59-37)23-32-26-55-35-16-7-6-15-34(32)35/h3-7,13-16,26-29,36-41,55H,8-12,17-25H2,1-2H3,(H,52,56)(H,53,65)(H,57,64)(H,58,67)(H,59,68)(H,60,69)(H,61,66)(H,62,70)(H4,50,51,54)/t29-,36+,37+,38-,39+,40+,41+/m1/s1. The molecule has 4 heterocycles. The first kappa shape index (κ1) is 52.6. The van der Waals surface area contributed by atoms with Gasteiger partial charge in [-0.3, -0.25) is 43.3 Å². The third-order valence-corrected chi connectivity index (χ3v) is 12.6. The molecule has 0 radical (unpaired) electrons. The number of carbonyl (C=O) groups is 8. The number of imidazole rings is 1. The number of carbonyl (C=O) groups excluding carboxylic acids is 8. The molecule has 7 atom stereocenters. The van der Waals surface area contributed by atoms with Crippen molar-refractivity contribution in [3.05, 3.63) is 90.1 Å². The summed E-state index contributed by atoms with van der Waals surface area (Å²) in [5.74, 6) is -5.40. The lowest BCUT2D eigenvalue weighted by Gasteiger charge is -2.30. The van der Waals surface area contributed by atoms with Gasteiger partial charge in [0.15, 0.2) is 5.96 Å². The minimum absolute atomic E-state index is 0.00107. The lowest BCUT2D eigenvalue weighted by Crippen LogP contribution is -2.60. The van der Waals surface area contributed by atoms with Gasteiger partial charge in [-0.2, -0.15) is 0 Å². The fourth-order valence-corrected chi connectivity index (χ4v) is 8.88. The van der Waals surface area contributed by atoms with Crippen LogP contribution in [0, 0.1) is 0 Å². The van der Waals surface area contributed by atoms with Crippen molar-refractivity contribution in [1.82, 2.24) is 57.1 Å². The molecule has 4 aromatic rings. The van der Waals surface area contributed by atoms with Crippen LogP contribution >= 0.6 is 0 Å². The van der Waals surface area contributed by atoms with Gasteiger partial charge in [-0.15, -0.1) is 0 Å². The molecule has 2 aromatic carbocycles. The number of amides is 8. The highest BCUT2D eigenvalue weighted by atomic mass is 16.2. The molecule has 13 N–H and O–H groups in total. The number of aromatic amines is 2. The Labute approximate surface area is 411 Å². The number of nitrogens with zero attached hydrogens (tertiary/aromatic N) is 3. The number of benzene rings is 2. The van der Waals surface area contributed by atoms with Gasteiger partial charge in [-0.05, 0) is 69.1 Å². The highest BCUT2D eigenvalue weighted by Gasteiger charge is 2.36. The van der Waals surface area contributed by atoms with Crippen molar-refractivity contribution in [3.8, 4) is 0 Å². The van der Waals surface area contributed by atoms with Gasteiger partial charge < -0.3 is 63.6 Å². The summed E-state index contributed by atoms with van der Waals surface area (Å²) in [5.41, 5.74) is 13.8. The second-order valence-corrected chi connectivity index (χ2v) is 18.1. The van der Waals surface area contributed by atoms with E-state index in [1.54, 1.807) is 41.4 Å². The highest BCUT2D eigenvalue weighted by molar-refractivity contribution is 5.98. The third-order valence-electron chi connectivity index (χ3n) is 12.6. The van der Waals surface area contributed by atoms with E-state index in [1.165, 1.54) is 19.4 Å². The summed E-state index contributed by atoms with van der Waals surface area (Å²) in [5, 5.41) is 20.2. The van der Waals surface area contributed by atoms with Crippen molar-refractivity contribution < 1.29 is 38.4 Å². The average Bonchev–Trinajstić information content (AvgIpc) is 4.12. The van der Waals surface area contributed by atoms with Gasteiger partial charge in [0.1, 0.15) is 36.3 Å². The number of nitrogens with two attached hydrogens (primary N) is 2. The van der Waals surface area contributed by atoms with Crippen LogP contribution in [0.5, 0.6) is 0 Å². The predicted octanol–water partition coefficient (Wildman–Crippen LogP) is -0.398. The van der Waals surface area contributed by atoms with Crippen LogP contribution in [0.4, 0.5) is 0 Å². The van der Waals surface area contributed by atoms with Gasteiger partial charge in [0.2, 0.25) is 47.3 Å². The van der Waals surface area contributed by atoms with Gasteiger partial charge >= 0.3 is 0 Å². The van der Waals surface area contributed by atoms with E-state index in [0.29, 0.717) is 36.2 Å². The maximum atomic E-state index is 14.7. The average molecular weight is 979 g/mol. The number of para-hydroxylation sites is 1. The number of aromatic nitrogens is 3. The van der Waals surface area contributed by atoms with Crippen LogP contribution in [-0.4, -0.2) is 135 Å². The lowest BCUT2D eigenvalue weighted by atomic mass is 10.0. The van der Waals surface area contributed by atoms with Gasteiger partial charge in [-0.1, -0.05) is 48.5 Å². The molecule has 6 rings (SSSR count). The van der Waals surface area contributed by atoms with Crippen LogP contribution < -0.4 is 48.7 Å². The first-order valence-corrected chi connectivity index (χ1v) is 24.1. The van der Waals surface area contributed by atoms with E-state index < -0.39 is 84.0 Å². The smallest absolute Gasteiger partial charge is 0.245 e. The van der Waals surface area contributed by atoms with Gasteiger partial charge in [0.25, 0.3) is 0 Å². The summed E-state index contributed by atoms with van der Waals surface area (Å²) in [6, 6.07) is 8.58. The van der Waals surface area contributed by atoms with Crippen LogP contribution in [-0.2, 0) is 57.6 Å². The number of aliphatic imine (C=N–C) groups is 1. The van der Waals surface area contributed by atoms with E-state index in [1.807, 2.05) is 31.2 Å². The summed E-state index contributed by atoms with van der Waals surface area (Å²) in [6.45, 7) is 3.89. The molecule has 2 aromatic heterocycles. The van der Waals surface area contributed by atoms with Crippen LogP contribution in [0.3, 0.4) is 0 Å². The zero-order valence-corrected chi connectivity index (χ0v) is 40.1. The number of nitrogens with one attached hydrogen (secondary N) is 9. The van der Waals surface area contributed by atoms with Crippen LogP contribution in [0.1, 0.15) is 82.0 Å². The van der Waals surface area contributed by atoms with Gasteiger partial charge in [0.05, 0.1) is 12.7 Å². The molecule has 2 saturated heterocycles. The van der Waals surface area contributed by atoms with Crippen molar-refractivity contribution in [2.45, 2.75) is 127 Å². The topological polar surface area (TPSA) is 333 Å². The molecule has 8 amide bonds.